The molecular formula is C56H94N8O4S12. The van der Waals surface area contributed by atoms with Crippen molar-refractivity contribution in [2.45, 2.75) is 188 Å². The van der Waals surface area contributed by atoms with Crippen LogP contribution in [-0.4, -0.2) is 64.6 Å². The fraction of sp³-hybridized carbons (Fsp3) is 0.518. The Morgan fingerprint density at radius 3 is 1.05 bits per heavy atom. The summed E-state index contributed by atoms with van der Waals surface area (Å²) in [4.78, 5) is 11.6. The lowest BCUT2D eigenvalue weighted by Gasteiger charge is -2.19. The summed E-state index contributed by atoms with van der Waals surface area (Å²) in [5.74, 6) is 5.73. The van der Waals surface area contributed by atoms with Crippen LogP contribution in [0, 0.1) is 21.2 Å². The molecule has 0 saturated heterocycles. The molecule has 0 aliphatic heterocycles. The molecule has 454 valence electrons. The van der Waals surface area contributed by atoms with Crippen LogP contribution in [0.5, 0.6) is 11.5 Å². The molecule has 0 spiro atoms. The van der Waals surface area contributed by atoms with Gasteiger partial charge in [0, 0.05) is 5.75 Å². The third kappa shape index (κ3) is 32.3. The molecule has 0 radical (unpaired) electrons. The standard InChI is InChI=1S/2C13H16N2OS3.C13H16N2S3.C9H14N2O2S3.8CH4/c2*1-3-9(2)10-4-6-11(7-5-10)16-8-18-13-15-14-12(17)19-13;1-3-9(2)11-6-4-10(5-7-11)8-17-13-15-14-12(16)18-13;1-4-9(2,3)6(12)13-5-15-8-11-10-7(14)16-8;;;;;;;;/h2*4-7,9H,3,8H2,1-2H3,(H,14,17);4-7,9H,3,8H2,1-2H3,(H,14,16);4-5H2,1-3H3,(H,10,14);8*1H4. The van der Waals surface area contributed by atoms with E-state index in [1.165, 1.54) is 109 Å². The lowest BCUT2D eigenvalue weighted by Crippen LogP contribution is -2.25. The molecule has 12 nitrogen and oxygen atoms in total. The van der Waals surface area contributed by atoms with Gasteiger partial charge in [-0.25, -0.2) is 0 Å². The summed E-state index contributed by atoms with van der Waals surface area (Å²) in [5.41, 5.74) is 5.04. The van der Waals surface area contributed by atoms with E-state index in [9.17, 15) is 4.79 Å². The van der Waals surface area contributed by atoms with Gasteiger partial charge in [0.2, 0.25) is 0 Å². The maximum Gasteiger partial charge on any atom is 0.312 e. The lowest BCUT2D eigenvalue weighted by molar-refractivity contribution is -0.151. The molecule has 7 rings (SSSR count). The molecule has 0 amide bonds. The molecule has 0 fully saturated rings. The molecule has 0 saturated carbocycles. The van der Waals surface area contributed by atoms with Gasteiger partial charge in [-0.3, -0.25) is 25.2 Å². The van der Waals surface area contributed by atoms with Crippen molar-refractivity contribution in [3.05, 3.63) is 111 Å². The summed E-state index contributed by atoms with van der Waals surface area (Å²) < 4.78 is 22.8. The van der Waals surface area contributed by atoms with E-state index in [0.717, 1.165) is 57.8 Å². The Balaban J connectivity index is -0.000000303. The van der Waals surface area contributed by atoms with E-state index in [0.29, 0.717) is 41.5 Å². The number of aromatic nitrogens is 8. The van der Waals surface area contributed by atoms with Gasteiger partial charge in [-0.1, -0.05) is 249 Å². The van der Waals surface area contributed by atoms with Crippen molar-refractivity contribution in [3.8, 4) is 11.5 Å². The Morgan fingerprint density at radius 1 is 0.487 bits per heavy atom. The van der Waals surface area contributed by atoms with E-state index in [1.54, 1.807) is 11.8 Å². The zero-order valence-electron chi connectivity index (χ0n) is 41.6. The van der Waals surface area contributed by atoms with Crippen LogP contribution in [0.15, 0.2) is 90.2 Å². The van der Waals surface area contributed by atoms with Crippen molar-refractivity contribution in [3.63, 3.8) is 0 Å². The van der Waals surface area contributed by atoms with Crippen LogP contribution in [-0.2, 0) is 15.3 Å². The fourth-order valence-corrected chi connectivity index (χ4v) is 12.9. The number of benzene rings is 3. The van der Waals surface area contributed by atoms with Gasteiger partial charge in [-0.15, -0.1) is 0 Å². The van der Waals surface area contributed by atoms with Crippen molar-refractivity contribution in [2.24, 2.45) is 5.41 Å². The topological polar surface area (TPSA) is 159 Å². The van der Waals surface area contributed by atoms with Gasteiger partial charge in [-0.05, 0) is 153 Å². The second kappa shape index (κ2) is 46.6. The van der Waals surface area contributed by atoms with Crippen molar-refractivity contribution >= 4 is 147 Å². The summed E-state index contributed by atoms with van der Waals surface area (Å²) in [6, 6.07) is 25.5. The third-order valence-corrected chi connectivity index (χ3v) is 19.4. The van der Waals surface area contributed by atoms with Crippen LogP contribution in [0.2, 0.25) is 0 Å². The Bertz CT molecular complexity index is 2750. The first kappa shape index (κ1) is 86.0. The van der Waals surface area contributed by atoms with Crippen LogP contribution in [0.3, 0.4) is 0 Å². The zero-order valence-corrected chi connectivity index (χ0v) is 51.4. The number of ether oxygens (including phenoxy) is 3. The molecule has 3 unspecified atom stereocenters. The minimum absolute atomic E-state index is 0. The van der Waals surface area contributed by atoms with Crippen LogP contribution in [0.4, 0.5) is 0 Å². The Morgan fingerprint density at radius 2 is 0.775 bits per heavy atom. The van der Waals surface area contributed by atoms with Gasteiger partial charge in [-0.2, -0.15) is 20.4 Å². The molecule has 0 aliphatic rings. The number of aromatic amines is 4. The first-order chi connectivity index (χ1) is 34.5. The maximum absolute atomic E-state index is 11.6. The molecule has 7 aromatic rings. The van der Waals surface area contributed by atoms with Crippen LogP contribution >= 0.6 is 141 Å². The number of carbonyl (C=O) groups excluding carboxylic acids is 1. The number of H-pyrrole nitrogens is 4. The monoisotopic (exact) mass is 1330 g/mol. The minimum atomic E-state index is -0.418. The first-order valence-electron chi connectivity index (χ1n) is 23.0. The molecule has 4 aromatic heterocycles. The Kier molecular flexibility index (Phi) is 50.1. The van der Waals surface area contributed by atoms with E-state index in [-0.39, 0.29) is 71.3 Å². The third-order valence-electron chi connectivity index (χ3n) is 10.9. The summed E-state index contributed by atoms with van der Waals surface area (Å²) in [6.07, 6.45) is 4.25. The van der Waals surface area contributed by atoms with E-state index < -0.39 is 5.41 Å². The molecule has 24 heteroatoms. The highest BCUT2D eigenvalue weighted by atomic mass is 32.2. The van der Waals surface area contributed by atoms with E-state index in [1.807, 2.05) is 45.0 Å². The largest absolute Gasteiger partial charge is 0.483 e. The average Bonchev–Trinajstić information content (AvgIpc) is 4.22. The maximum atomic E-state index is 11.6. The molecule has 4 N–H and O–H groups in total. The molecule has 3 atom stereocenters. The van der Waals surface area contributed by atoms with Crippen molar-refractivity contribution in [1.29, 1.82) is 0 Å². The van der Waals surface area contributed by atoms with E-state index in [4.69, 9.17) is 63.1 Å². The second-order valence-corrected chi connectivity index (χ2v) is 27.8. The Hall–Kier alpha value is -2.75. The summed E-state index contributed by atoms with van der Waals surface area (Å²) >= 11 is 31.8. The molecule has 0 bridgehead atoms. The summed E-state index contributed by atoms with van der Waals surface area (Å²) in [6.45, 7) is 19.1. The van der Waals surface area contributed by atoms with Crippen LogP contribution < -0.4 is 9.47 Å². The highest BCUT2D eigenvalue weighted by Crippen LogP contribution is 2.29. The average molecular weight is 1330 g/mol. The lowest BCUT2D eigenvalue weighted by atomic mass is 9.91. The predicted octanol–water partition coefficient (Wildman–Crippen LogP) is 23.0. The van der Waals surface area contributed by atoms with E-state index >= 15 is 0 Å². The highest BCUT2D eigenvalue weighted by molar-refractivity contribution is 8.01. The van der Waals surface area contributed by atoms with Crippen LogP contribution in [0.1, 0.15) is 187 Å². The predicted molar refractivity (Wildman–Crippen MR) is 372 cm³/mol. The van der Waals surface area contributed by atoms with Crippen molar-refractivity contribution < 1.29 is 19.0 Å². The number of carbonyl (C=O) groups is 1. The smallest absolute Gasteiger partial charge is 0.312 e. The van der Waals surface area contributed by atoms with Gasteiger partial charge in [0.25, 0.3) is 0 Å². The number of esters is 1. The second-order valence-electron chi connectivity index (χ2n) is 16.4. The Labute approximate surface area is 535 Å². The first-order valence-corrected chi connectivity index (χ1v) is 31.8. The minimum Gasteiger partial charge on any atom is -0.483 e. The zero-order chi connectivity index (χ0) is 52.5. The molecule has 4 heterocycles. The molecular weight excluding hydrogens is 1230 g/mol. The number of hydrogen-bond acceptors (Lipinski definition) is 20. The quantitative estimate of drug-likeness (QED) is 0.0220. The normalized spacial score (nSPS) is 11.0. The van der Waals surface area contributed by atoms with Gasteiger partial charge in [0.1, 0.15) is 29.3 Å². The SMILES string of the molecule is C.C.C.C.C.C.C.C.CCC(C)(C)C(=O)OCSc1n[nH]c(=S)s1.CCC(C)c1ccc(CSc2n[nH]c(=S)s2)cc1.CCC(C)c1ccc(OCSc2n[nH]c(=S)s2)cc1.CCC(C)c1ccc(OCSc2n[nH]c(=S)s2)cc1. The number of hydrogen-bond donors (Lipinski definition) is 4. The number of thioether (sulfide) groups is 4. The number of nitrogens with one attached hydrogen (secondary N) is 4. The highest BCUT2D eigenvalue weighted by Gasteiger charge is 2.27. The van der Waals surface area contributed by atoms with Gasteiger partial charge < -0.3 is 14.2 Å². The van der Waals surface area contributed by atoms with Gasteiger partial charge in [0.05, 0.1) is 5.41 Å². The summed E-state index contributed by atoms with van der Waals surface area (Å²) in [7, 11) is 0. The van der Waals surface area contributed by atoms with E-state index in [2.05, 4.69) is 131 Å². The molecule has 3 aromatic carbocycles. The van der Waals surface area contributed by atoms with Crippen molar-refractivity contribution in [1.82, 2.24) is 40.8 Å². The molecule has 80 heavy (non-hydrogen) atoms. The number of rotatable bonds is 22. The van der Waals surface area contributed by atoms with Crippen molar-refractivity contribution in [2.75, 3.05) is 17.8 Å². The van der Waals surface area contributed by atoms with Crippen LogP contribution in [0.25, 0.3) is 0 Å². The fourth-order valence-electron chi connectivity index (χ4n) is 5.46. The van der Waals surface area contributed by atoms with Gasteiger partial charge >= 0.3 is 5.97 Å². The molecule has 0 aliphatic carbocycles. The number of nitrogens with zero attached hydrogens (tertiary/aromatic N) is 4. The van der Waals surface area contributed by atoms with Gasteiger partial charge in [0.15, 0.2) is 33.2 Å². The summed E-state index contributed by atoms with van der Waals surface area (Å²) in [5, 5.41) is 27.2.